The Bertz CT molecular complexity index is 1050. The van der Waals surface area contributed by atoms with Crippen molar-refractivity contribution in [3.05, 3.63) is 54.1 Å². The molecule has 0 unspecified atom stereocenters. The van der Waals surface area contributed by atoms with Gasteiger partial charge in [0.1, 0.15) is 0 Å². The first-order valence-electron chi connectivity index (χ1n) is 11.0. The van der Waals surface area contributed by atoms with Crippen molar-refractivity contribution in [2.45, 2.75) is 46.6 Å². The summed E-state index contributed by atoms with van der Waals surface area (Å²) in [6.07, 6.45) is 3.03. The van der Waals surface area contributed by atoms with Crippen molar-refractivity contribution in [3.8, 4) is 0 Å². The molecule has 3 rings (SSSR count). The molecule has 0 radical (unpaired) electrons. The minimum atomic E-state index is -3.88. The average molecular weight is 490 g/mol. The number of hydrogen-bond donors (Lipinski definition) is 2. The van der Waals surface area contributed by atoms with E-state index in [4.69, 9.17) is 10.5 Å². The lowest BCUT2D eigenvalue weighted by Crippen LogP contribution is -2.53. The van der Waals surface area contributed by atoms with Crippen LogP contribution in [0.5, 0.6) is 0 Å². The summed E-state index contributed by atoms with van der Waals surface area (Å²) in [7, 11) is -3.88. The molecule has 7 nitrogen and oxygen atoms in total. The van der Waals surface area contributed by atoms with E-state index in [9.17, 15) is 13.2 Å². The van der Waals surface area contributed by atoms with E-state index in [0.29, 0.717) is 0 Å². The maximum absolute atomic E-state index is 13.2. The highest BCUT2D eigenvalue weighted by Gasteiger charge is 2.50. The summed E-state index contributed by atoms with van der Waals surface area (Å²) in [4.78, 5) is 17.4. The Hall–Kier alpha value is -2.20. The number of para-hydroxylation sites is 1. The number of benzene rings is 2. The van der Waals surface area contributed by atoms with Crippen LogP contribution in [0.1, 0.15) is 31.2 Å². The maximum atomic E-state index is 13.2. The van der Waals surface area contributed by atoms with E-state index < -0.39 is 20.5 Å². The van der Waals surface area contributed by atoms with Gasteiger partial charge in [-0.1, -0.05) is 24.3 Å². The first-order valence-corrected chi connectivity index (χ1v) is 13.5. The number of unbranched alkanes of at least 4 members (excludes halogenated alkanes) is 1. The van der Waals surface area contributed by atoms with Crippen LogP contribution in [0.2, 0.25) is 0 Å². The van der Waals surface area contributed by atoms with Crippen LogP contribution in [0.4, 0.5) is 5.69 Å². The van der Waals surface area contributed by atoms with Crippen molar-refractivity contribution in [1.82, 2.24) is 5.32 Å². The Balaban J connectivity index is 1.45. The van der Waals surface area contributed by atoms with Crippen LogP contribution in [0, 0.1) is 0 Å². The van der Waals surface area contributed by atoms with Crippen molar-refractivity contribution in [3.63, 3.8) is 0 Å². The van der Waals surface area contributed by atoms with Gasteiger partial charge in [-0.05, 0) is 75.2 Å². The van der Waals surface area contributed by atoms with Crippen LogP contribution in [0.25, 0.3) is 0 Å². The highest BCUT2D eigenvalue weighted by Crippen LogP contribution is 2.35. The number of aryl methyl sites for hydroxylation is 1. The van der Waals surface area contributed by atoms with Crippen molar-refractivity contribution in [2.24, 2.45) is 10.7 Å². The zero-order valence-corrected chi connectivity index (χ0v) is 20.3. The maximum Gasteiger partial charge on any atom is 0.239 e. The Morgan fingerprint density at radius 1 is 1.12 bits per heavy atom. The standard InChI is InChI=1S/C24H31N3O4S2/c1-26-21-7-2-3-8-22(21)32-18-27-15-5-4-6-19-9-11-20(12-10-19)33(29,30)24(23(25)28)13-16-31-17-14-24/h2-3,7-12,27H,1,4-6,13-18H2,(H2,25,28). The number of carbonyl (C=O) groups is 1. The highest BCUT2D eigenvalue weighted by atomic mass is 32.2. The summed E-state index contributed by atoms with van der Waals surface area (Å²) >= 11 is 1.70. The molecule has 0 aromatic heterocycles. The van der Waals surface area contributed by atoms with Gasteiger partial charge in [0.25, 0.3) is 0 Å². The fraction of sp³-hybridized carbons (Fsp3) is 0.417. The van der Waals surface area contributed by atoms with Gasteiger partial charge in [0, 0.05) is 24.0 Å². The number of amides is 1. The summed E-state index contributed by atoms with van der Waals surface area (Å²) in [5.41, 5.74) is 7.49. The van der Waals surface area contributed by atoms with Crippen molar-refractivity contribution in [1.29, 1.82) is 0 Å². The number of primary amides is 1. The third-order valence-corrected chi connectivity index (χ3v) is 9.47. The van der Waals surface area contributed by atoms with E-state index in [0.717, 1.165) is 47.8 Å². The van der Waals surface area contributed by atoms with Gasteiger partial charge in [0.2, 0.25) is 5.91 Å². The second-order valence-corrected chi connectivity index (χ2v) is 11.3. The number of nitrogens with two attached hydrogens (primary N) is 1. The molecule has 1 fully saturated rings. The molecule has 0 aliphatic carbocycles. The molecule has 0 spiro atoms. The molecule has 1 amide bonds. The Kier molecular flexibility index (Phi) is 9.08. The largest absolute Gasteiger partial charge is 0.381 e. The Labute approximate surface area is 200 Å². The zero-order valence-electron chi connectivity index (χ0n) is 18.7. The lowest BCUT2D eigenvalue weighted by molar-refractivity contribution is -0.122. The minimum Gasteiger partial charge on any atom is -0.381 e. The monoisotopic (exact) mass is 489 g/mol. The molecule has 1 saturated heterocycles. The fourth-order valence-corrected chi connectivity index (χ4v) is 6.67. The Morgan fingerprint density at radius 3 is 2.48 bits per heavy atom. The van der Waals surface area contributed by atoms with Gasteiger partial charge in [0.15, 0.2) is 14.6 Å². The molecule has 1 aliphatic rings. The molecule has 0 atom stereocenters. The number of sulfone groups is 1. The van der Waals surface area contributed by atoms with E-state index in [2.05, 4.69) is 17.0 Å². The van der Waals surface area contributed by atoms with Gasteiger partial charge in [-0.2, -0.15) is 0 Å². The topological polar surface area (TPSA) is 111 Å². The predicted molar refractivity (Wildman–Crippen MR) is 133 cm³/mol. The van der Waals surface area contributed by atoms with Crippen LogP contribution in [0.3, 0.4) is 0 Å². The van der Waals surface area contributed by atoms with E-state index >= 15 is 0 Å². The van der Waals surface area contributed by atoms with Crippen LogP contribution >= 0.6 is 11.8 Å². The Morgan fingerprint density at radius 2 is 1.82 bits per heavy atom. The van der Waals surface area contributed by atoms with Gasteiger partial charge in [-0.25, -0.2) is 8.42 Å². The zero-order chi connectivity index (χ0) is 23.7. The second-order valence-electron chi connectivity index (χ2n) is 7.99. The van der Waals surface area contributed by atoms with Crippen LogP contribution in [-0.4, -0.2) is 51.4 Å². The molecule has 33 heavy (non-hydrogen) atoms. The van der Waals surface area contributed by atoms with Gasteiger partial charge < -0.3 is 15.8 Å². The number of carbonyl (C=O) groups excluding carboxylic acids is 1. The number of rotatable bonds is 12. The van der Waals surface area contributed by atoms with Crippen LogP contribution in [0.15, 0.2) is 63.3 Å². The van der Waals surface area contributed by atoms with Gasteiger partial charge in [-0.3, -0.25) is 9.79 Å². The molecule has 0 bridgehead atoms. The van der Waals surface area contributed by atoms with Crippen molar-refractivity contribution >= 4 is 39.9 Å². The molecule has 1 aliphatic heterocycles. The molecule has 2 aromatic carbocycles. The van der Waals surface area contributed by atoms with Gasteiger partial charge in [0.05, 0.1) is 10.6 Å². The third kappa shape index (κ3) is 6.03. The highest BCUT2D eigenvalue weighted by molar-refractivity contribution is 7.99. The molecule has 3 N–H and O–H groups in total. The van der Waals surface area contributed by atoms with Crippen molar-refractivity contribution in [2.75, 3.05) is 25.6 Å². The van der Waals surface area contributed by atoms with E-state index in [1.807, 2.05) is 36.4 Å². The van der Waals surface area contributed by atoms with Crippen LogP contribution < -0.4 is 11.1 Å². The lowest BCUT2D eigenvalue weighted by Gasteiger charge is -2.33. The summed E-state index contributed by atoms with van der Waals surface area (Å²) in [5.74, 6) is -0.00376. The molecule has 2 aromatic rings. The van der Waals surface area contributed by atoms with Crippen LogP contribution in [-0.2, 0) is 25.8 Å². The fourth-order valence-electron chi connectivity index (χ4n) is 3.90. The minimum absolute atomic E-state index is 0.0907. The quantitative estimate of drug-likeness (QED) is 0.204. The molecular formula is C24H31N3O4S2. The van der Waals surface area contributed by atoms with E-state index in [1.165, 1.54) is 0 Å². The number of nitrogens with one attached hydrogen (secondary N) is 1. The molecule has 1 heterocycles. The number of aliphatic imine (C=N–C) groups is 1. The molecule has 0 saturated carbocycles. The van der Waals surface area contributed by atoms with Gasteiger partial charge in [-0.15, -0.1) is 11.8 Å². The second kappa shape index (κ2) is 11.8. The van der Waals surface area contributed by atoms with E-state index in [-0.39, 0.29) is 31.0 Å². The molecule has 178 valence electrons. The molecular weight excluding hydrogens is 458 g/mol. The summed E-state index contributed by atoms with van der Waals surface area (Å²) in [5, 5.41) is 3.42. The van der Waals surface area contributed by atoms with Gasteiger partial charge >= 0.3 is 0 Å². The first kappa shape index (κ1) is 25.4. The summed E-state index contributed by atoms with van der Waals surface area (Å²) < 4.78 is 30.0. The number of thioether (sulfide) groups is 1. The molecule has 9 heteroatoms. The summed E-state index contributed by atoms with van der Waals surface area (Å²) in [6.45, 7) is 4.92. The average Bonchev–Trinajstić information content (AvgIpc) is 2.84. The normalized spacial score (nSPS) is 15.8. The number of hydrogen-bond acceptors (Lipinski definition) is 7. The van der Waals surface area contributed by atoms with E-state index in [1.54, 1.807) is 23.9 Å². The summed E-state index contributed by atoms with van der Waals surface area (Å²) in [6, 6.07) is 14.7. The first-order chi connectivity index (χ1) is 15.9. The van der Waals surface area contributed by atoms with Crippen molar-refractivity contribution < 1.29 is 17.9 Å². The lowest BCUT2D eigenvalue weighted by atomic mass is 9.98. The number of nitrogens with zero attached hydrogens (tertiary/aromatic N) is 1. The third-order valence-electron chi connectivity index (χ3n) is 5.93. The SMILES string of the molecule is C=Nc1ccccc1SCNCCCCc1ccc(S(=O)(=O)C2(C(N)=O)CCOCC2)cc1. The smallest absolute Gasteiger partial charge is 0.239 e. The number of ether oxygens (including phenoxy) is 1. The predicted octanol–water partition coefficient (Wildman–Crippen LogP) is 3.49.